The summed E-state index contributed by atoms with van der Waals surface area (Å²) in [5, 5.41) is 12.1. The van der Waals surface area contributed by atoms with Crippen molar-refractivity contribution >= 4 is 22.2 Å². The predicted molar refractivity (Wildman–Crippen MR) is 56.2 cm³/mol. The lowest BCUT2D eigenvalue weighted by Crippen LogP contribution is -2.21. The van der Waals surface area contributed by atoms with Crippen molar-refractivity contribution in [1.82, 2.24) is 0 Å². The first-order valence-corrected chi connectivity index (χ1v) is 4.91. The molecule has 3 N–H and O–H groups in total. The minimum absolute atomic E-state index is 0.0686. The molecule has 0 bridgehead atoms. The topological polar surface area (TPSA) is 78.9 Å². The van der Waals surface area contributed by atoms with E-state index in [1.54, 1.807) is 0 Å². The largest absolute Gasteiger partial charge is 0.322 e. The highest BCUT2D eigenvalue weighted by Crippen LogP contribution is 2.31. The van der Waals surface area contributed by atoms with Crippen LogP contribution in [-0.2, 0) is 4.79 Å². The summed E-state index contributed by atoms with van der Waals surface area (Å²) in [6, 6.07) is 2.07. The Balaban J connectivity index is 3.04. The summed E-state index contributed by atoms with van der Waals surface area (Å²) in [7, 11) is 0. The number of hydrogen-bond donors (Lipinski definition) is 2. The molecule has 0 aliphatic heterocycles. The van der Waals surface area contributed by atoms with E-state index in [1.807, 2.05) is 13.8 Å². The third-order valence-electron chi connectivity index (χ3n) is 1.94. The molecule has 14 heavy (non-hydrogen) atoms. The highest BCUT2D eigenvalue weighted by atomic mass is 32.1. The molecule has 0 aromatic carbocycles. The maximum absolute atomic E-state index is 11.0. The highest BCUT2D eigenvalue weighted by molar-refractivity contribution is 7.16. The molecular weight excluding hydrogens is 198 g/mol. The number of aryl methyl sites for hydroxylation is 1. The van der Waals surface area contributed by atoms with Gasteiger partial charge in [0, 0.05) is 4.88 Å². The first-order valence-electron chi connectivity index (χ1n) is 4.10. The number of nitrogens with two attached hydrogens (primary N) is 1. The molecule has 0 unspecified atom stereocenters. The van der Waals surface area contributed by atoms with Crippen molar-refractivity contribution < 1.29 is 4.79 Å². The fourth-order valence-corrected chi connectivity index (χ4v) is 2.05. The van der Waals surface area contributed by atoms with Crippen LogP contribution in [0.4, 0.5) is 5.00 Å². The summed E-state index contributed by atoms with van der Waals surface area (Å²) in [6.07, 6.45) is 0. The predicted octanol–water partition coefficient (Wildman–Crippen LogP) is 1.13. The van der Waals surface area contributed by atoms with E-state index in [0.717, 1.165) is 10.4 Å². The molecular formula is C9H11N3OS. The third kappa shape index (κ3) is 1.92. The van der Waals surface area contributed by atoms with Gasteiger partial charge in [0.15, 0.2) is 0 Å². The Morgan fingerprint density at radius 1 is 1.64 bits per heavy atom. The van der Waals surface area contributed by atoms with Gasteiger partial charge in [0.2, 0.25) is 5.91 Å². The van der Waals surface area contributed by atoms with Crippen molar-refractivity contribution in [3.8, 4) is 6.07 Å². The number of thiophene rings is 1. The Bertz CT molecular complexity index is 403. The number of rotatable bonds is 2. The van der Waals surface area contributed by atoms with Crippen molar-refractivity contribution in [3.05, 3.63) is 16.0 Å². The Morgan fingerprint density at radius 2 is 2.29 bits per heavy atom. The standard InChI is InChI=1S/C9H11N3OS/c1-5-6(2)14-9(7(5)3-10)12-8(13)4-11/h4,11H2,1-2H3,(H,12,13). The molecule has 0 saturated carbocycles. The fraction of sp³-hybridized carbons (Fsp3) is 0.333. The quantitative estimate of drug-likeness (QED) is 0.766. The van der Waals surface area contributed by atoms with Gasteiger partial charge in [-0.3, -0.25) is 4.79 Å². The van der Waals surface area contributed by atoms with Crippen LogP contribution >= 0.6 is 11.3 Å². The van der Waals surface area contributed by atoms with E-state index in [9.17, 15) is 4.79 Å². The van der Waals surface area contributed by atoms with Crippen LogP contribution in [0.25, 0.3) is 0 Å². The zero-order valence-corrected chi connectivity index (χ0v) is 8.86. The van der Waals surface area contributed by atoms with Gasteiger partial charge in [0.25, 0.3) is 0 Å². The number of nitriles is 1. The fourth-order valence-electron chi connectivity index (χ4n) is 1.03. The minimum Gasteiger partial charge on any atom is -0.322 e. The minimum atomic E-state index is -0.275. The van der Waals surface area contributed by atoms with Crippen molar-refractivity contribution in [2.75, 3.05) is 11.9 Å². The highest BCUT2D eigenvalue weighted by Gasteiger charge is 2.13. The molecule has 5 heteroatoms. The lowest BCUT2D eigenvalue weighted by atomic mass is 10.2. The van der Waals surface area contributed by atoms with E-state index in [1.165, 1.54) is 11.3 Å². The van der Waals surface area contributed by atoms with Gasteiger partial charge in [-0.15, -0.1) is 11.3 Å². The van der Waals surface area contributed by atoms with Crippen LogP contribution in [0.5, 0.6) is 0 Å². The van der Waals surface area contributed by atoms with Crippen LogP contribution in [0.15, 0.2) is 0 Å². The van der Waals surface area contributed by atoms with Crippen LogP contribution < -0.4 is 11.1 Å². The van der Waals surface area contributed by atoms with Gasteiger partial charge in [-0.2, -0.15) is 5.26 Å². The molecule has 1 amide bonds. The molecule has 0 atom stereocenters. The summed E-state index contributed by atoms with van der Waals surface area (Å²) in [6.45, 7) is 3.71. The first-order chi connectivity index (χ1) is 6.60. The summed E-state index contributed by atoms with van der Waals surface area (Å²) in [5.74, 6) is -0.275. The van der Waals surface area contributed by atoms with E-state index in [-0.39, 0.29) is 12.5 Å². The van der Waals surface area contributed by atoms with Crippen LogP contribution in [-0.4, -0.2) is 12.5 Å². The molecule has 0 saturated heterocycles. The molecule has 0 spiro atoms. The summed E-state index contributed by atoms with van der Waals surface area (Å²) in [4.78, 5) is 12.1. The monoisotopic (exact) mass is 209 g/mol. The van der Waals surface area contributed by atoms with Gasteiger partial charge in [0.05, 0.1) is 12.1 Å². The van der Waals surface area contributed by atoms with Crippen LogP contribution in [0.3, 0.4) is 0 Å². The Hall–Kier alpha value is -1.38. The SMILES string of the molecule is Cc1sc(NC(=O)CN)c(C#N)c1C. The van der Waals surface area contributed by atoms with Gasteiger partial charge in [-0.25, -0.2) is 0 Å². The number of nitrogens with zero attached hydrogens (tertiary/aromatic N) is 1. The number of carbonyl (C=O) groups is 1. The average Bonchev–Trinajstić information content (AvgIpc) is 2.42. The van der Waals surface area contributed by atoms with Gasteiger partial charge < -0.3 is 11.1 Å². The molecule has 1 aromatic rings. The van der Waals surface area contributed by atoms with Crippen molar-refractivity contribution in [3.63, 3.8) is 0 Å². The molecule has 0 fully saturated rings. The number of hydrogen-bond acceptors (Lipinski definition) is 4. The van der Waals surface area contributed by atoms with E-state index < -0.39 is 0 Å². The molecule has 74 valence electrons. The number of carbonyl (C=O) groups excluding carboxylic acids is 1. The molecule has 0 aliphatic carbocycles. The Labute approximate surface area is 86.3 Å². The average molecular weight is 209 g/mol. The third-order valence-corrected chi connectivity index (χ3v) is 3.06. The van der Waals surface area contributed by atoms with Crippen LogP contribution in [0, 0.1) is 25.2 Å². The second-order valence-corrected chi connectivity index (χ2v) is 4.08. The van der Waals surface area contributed by atoms with E-state index in [4.69, 9.17) is 11.0 Å². The lowest BCUT2D eigenvalue weighted by Gasteiger charge is -1.99. The maximum atomic E-state index is 11.0. The van der Waals surface area contributed by atoms with Gasteiger partial charge >= 0.3 is 0 Å². The molecule has 0 aliphatic rings. The molecule has 1 heterocycles. The molecule has 0 radical (unpaired) electrons. The second kappa shape index (κ2) is 4.22. The summed E-state index contributed by atoms with van der Waals surface area (Å²) >= 11 is 1.40. The van der Waals surface area contributed by atoms with Gasteiger partial charge in [-0.05, 0) is 19.4 Å². The van der Waals surface area contributed by atoms with Crippen molar-refractivity contribution in [1.29, 1.82) is 5.26 Å². The zero-order chi connectivity index (χ0) is 10.7. The first kappa shape index (κ1) is 10.7. The Kier molecular flexibility index (Phi) is 3.23. The second-order valence-electron chi connectivity index (χ2n) is 2.85. The van der Waals surface area contributed by atoms with E-state index in [2.05, 4.69) is 11.4 Å². The summed E-state index contributed by atoms with van der Waals surface area (Å²) < 4.78 is 0. The van der Waals surface area contributed by atoms with Crippen molar-refractivity contribution in [2.24, 2.45) is 5.73 Å². The smallest absolute Gasteiger partial charge is 0.238 e. The number of nitrogens with one attached hydrogen (secondary N) is 1. The molecule has 4 nitrogen and oxygen atoms in total. The van der Waals surface area contributed by atoms with Crippen LogP contribution in [0.1, 0.15) is 16.0 Å². The van der Waals surface area contributed by atoms with Crippen LogP contribution in [0.2, 0.25) is 0 Å². The van der Waals surface area contributed by atoms with E-state index >= 15 is 0 Å². The molecule has 1 rings (SSSR count). The van der Waals surface area contributed by atoms with Gasteiger partial charge in [-0.1, -0.05) is 0 Å². The zero-order valence-electron chi connectivity index (χ0n) is 8.05. The normalized spacial score (nSPS) is 9.57. The van der Waals surface area contributed by atoms with Crippen molar-refractivity contribution in [2.45, 2.75) is 13.8 Å². The lowest BCUT2D eigenvalue weighted by molar-refractivity contribution is -0.114. The number of anilines is 1. The number of amides is 1. The Morgan fingerprint density at radius 3 is 2.79 bits per heavy atom. The van der Waals surface area contributed by atoms with Gasteiger partial charge in [0.1, 0.15) is 11.1 Å². The summed E-state index contributed by atoms with van der Waals surface area (Å²) in [5.41, 5.74) is 6.62. The van der Waals surface area contributed by atoms with E-state index in [0.29, 0.717) is 10.6 Å². The maximum Gasteiger partial charge on any atom is 0.238 e. The molecule has 1 aromatic heterocycles.